The predicted molar refractivity (Wildman–Crippen MR) is 52.0 cm³/mol. The number of likely N-dealkylation sites (tertiary alicyclic amines) is 1. The summed E-state index contributed by atoms with van der Waals surface area (Å²) in [5.41, 5.74) is 5.54. The number of carboxylic acids is 1. The van der Waals surface area contributed by atoms with Crippen LogP contribution in [-0.4, -0.2) is 51.7 Å². The second-order valence-electron chi connectivity index (χ2n) is 3.75. The Labute approximate surface area is 87.7 Å². The normalized spacial score (nSPS) is 27.8. The van der Waals surface area contributed by atoms with E-state index >= 15 is 0 Å². The molecule has 15 heavy (non-hydrogen) atoms. The molecule has 0 aromatic heterocycles. The van der Waals surface area contributed by atoms with Gasteiger partial charge in [0, 0.05) is 13.0 Å². The summed E-state index contributed by atoms with van der Waals surface area (Å²) in [6, 6.07) is -1.62. The lowest BCUT2D eigenvalue weighted by Gasteiger charge is -2.23. The van der Waals surface area contributed by atoms with Crippen molar-refractivity contribution in [3.8, 4) is 0 Å². The van der Waals surface area contributed by atoms with Gasteiger partial charge in [-0.2, -0.15) is 0 Å². The van der Waals surface area contributed by atoms with Crippen LogP contribution >= 0.6 is 0 Å². The van der Waals surface area contributed by atoms with Crippen LogP contribution in [0, 0.1) is 0 Å². The maximum atomic E-state index is 11.7. The zero-order chi connectivity index (χ0) is 11.6. The average Bonchev–Trinajstić information content (AvgIpc) is 2.58. The summed E-state index contributed by atoms with van der Waals surface area (Å²) < 4.78 is 0. The van der Waals surface area contributed by atoms with E-state index in [4.69, 9.17) is 10.8 Å². The summed E-state index contributed by atoms with van der Waals surface area (Å²) in [6.07, 6.45) is -0.228. The first kappa shape index (κ1) is 11.9. The van der Waals surface area contributed by atoms with Gasteiger partial charge in [-0.25, -0.2) is 4.79 Å². The molecule has 6 nitrogen and oxygen atoms in total. The fourth-order valence-corrected chi connectivity index (χ4v) is 1.68. The third-order valence-electron chi connectivity index (χ3n) is 2.60. The minimum atomic E-state index is -1.09. The van der Waals surface area contributed by atoms with Crippen LogP contribution < -0.4 is 5.73 Å². The summed E-state index contributed by atoms with van der Waals surface area (Å²) >= 11 is 0. The van der Waals surface area contributed by atoms with Crippen molar-refractivity contribution in [3.63, 3.8) is 0 Å². The molecule has 86 valence electrons. The van der Waals surface area contributed by atoms with Gasteiger partial charge in [0.25, 0.3) is 0 Å². The molecule has 1 aliphatic rings. The predicted octanol–water partition coefficient (Wildman–Crippen LogP) is -1.23. The van der Waals surface area contributed by atoms with Crippen molar-refractivity contribution in [1.29, 1.82) is 0 Å². The van der Waals surface area contributed by atoms with E-state index in [1.165, 1.54) is 0 Å². The molecule has 1 unspecified atom stereocenters. The number of aliphatic hydroxyl groups is 1. The second kappa shape index (κ2) is 4.59. The Morgan fingerprint density at radius 2 is 2.20 bits per heavy atom. The van der Waals surface area contributed by atoms with Gasteiger partial charge in [-0.3, -0.25) is 4.79 Å². The molecule has 0 spiro atoms. The van der Waals surface area contributed by atoms with Gasteiger partial charge >= 0.3 is 5.97 Å². The lowest BCUT2D eigenvalue weighted by molar-refractivity contribution is -0.148. The number of carbonyl (C=O) groups is 2. The molecule has 1 fully saturated rings. The number of nitrogens with two attached hydrogens (primary N) is 1. The number of β-amino-alcohol motifs (C(OH)–C–C–N with tert-alkyl or cyclic N) is 1. The molecule has 0 aliphatic carbocycles. The quantitative estimate of drug-likeness (QED) is 0.548. The Hall–Kier alpha value is -1.14. The molecule has 1 amide bonds. The smallest absolute Gasteiger partial charge is 0.326 e. The number of carboxylic acid groups (broad SMARTS) is 1. The molecule has 6 heteroatoms. The van der Waals surface area contributed by atoms with Gasteiger partial charge in [0.2, 0.25) is 5.91 Å². The van der Waals surface area contributed by atoms with E-state index < -0.39 is 30.1 Å². The number of rotatable bonds is 3. The van der Waals surface area contributed by atoms with Crippen molar-refractivity contribution < 1.29 is 19.8 Å². The van der Waals surface area contributed by atoms with Gasteiger partial charge in [-0.1, -0.05) is 6.92 Å². The van der Waals surface area contributed by atoms with Crippen molar-refractivity contribution in [2.24, 2.45) is 5.73 Å². The number of amides is 1. The minimum absolute atomic E-state index is 0.0590. The van der Waals surface area contributed by atoms with E-state index in [0.717, 1.165) is 4.90 Å². The molecule has 0 saturated carbocycles. The minimum Gasteiger partial charge on any atom is -0.480 e. The molecule has 0 bridgehead atoms. The fraction of sp³-hybridized carbons (Fsp3) is 0.778. The fourth-order valence-electron chi connectivity index (χ4n) is 1.68. The van der Waals surface area contributed by atoms with Gasteiger partial charge in [0.05, 0.1) is 12.1 Å². The lowest BCUT2D eigenvalue weighted by Crippen LogP contribution is -2.48. The van der Waals surface area contributed by atoms with E-state index in [1.807, 2.05) is 0 Å². The van der Waals surface area contributed by atoms with Crippen LogP contribution in [0.2, 0.25) is 0 Å². The van der Waals surface area contributed by atoms with Crippen molar-refractivity contribution >= 4 is 11.9 Å². The summed E-state index contributed by atoms with van der Waals surface area (Å²) in [5, 5.41) is 18.2. The van der Waals surface area contributed by atoms with Crippen LogP contribution in [0.1, 0.15) is 19.8 Å². The molecule has 1 saturated heterocycles. The highest BCUT2D eigenvalue weighted by Crippen LogP contribution is 2.19. The highest BCUT2D eigenvalue weighted by Gasteiger charge is 2.39. The topological polar surface area (TPSA) is 104 Å². The van der Waals surface area contributed by atoms with Gasteiger partial charge in [-0.05, 0) is 6.42 Å². The molecule has 0 radical (unpaired) electrons. The third kappa shape index (κ3) is 2.45. The van der Waals surface area contributed by atoms with E-state index in [0.29, 0.717) is 6.42 Å². The number of nitrogens with zero attached hydrogens (tertiary/aromatic N) is 1. The molecular formula is C9H16N2O4. The van der Waals surface area contributed by atoms with Crippen molar-refractivity contribution in [2.75, 3.05) is 6.54 Å². The Kier molecular flexibility index (Phi) is 3.65. The van der Waals surface area contributed by atoms with E-state index in [9.17, 15) is 14.7 Å². The highest BCUT2D eigenvalue weighted by atomic mass is 16.4. The SMILES string of the molecule is CC[C@@H](N)C(=O)N1CC(O)C[C@H]1C(=O)O. The first-order valence-electron chi connectivity index (χ1n) is 4.94. The summed E-state index contributed by atoms with van der Waals surface area (Å²) in [6.45, 7) is 1.81. The summed E-state index contributed by atoms with van der Waals surface area (Å²) in [7, 11) is 0. The number of aliphatic carboxylic acids is 1. The average molecular weight is 216 g/mol. The number of hydrogen-bond acceptors (Lipinski definition) is 4. The van der Waals surface area contributed by atoms with Crippen molar-refractivity contribution in [3.05, 3.63) is 0 Å². The maximum absolute atomic E-state index is 11.7. The van der Waals surface area contributed by atoms with Gasteiger partial charge < -0.3 is 20.8 Å². The van der Waals surface area contributed by atoms with Crippen LogP contribution in [0.15, 0.2) is 0 Å². The van der Waals surface area contributed by atoms with E-state index in [1.54, 1.807) is 6.92 Å². The Morgan fingerprint density at radius 3 is 2.67 bits per heavy atom. The summed E-state index contributed by atoms with van der Waals surface area (Å²) in [5.74, 6) is -1.50. The molecule has 4 N–H and O–H groups in total. The Bertz CT molecular complexity index is 269. The van der Waals surface area contributed by atoms with Crippen molar-refractivity contribution in [1.82, 2.24) is 4.90 Å². The number of aliphatic hydroxyl groups excluding tert-OH is 1. The third-order valence-corrected chi connectivity index (χ3v) is 2.60. The van der Waals surface area contributed by atoms with Gasteiger partial charge in [0.15, 0.2) is 0 Å². The van der Waals surface area contributed by atoms with Crippen molar-refractivity contribution in [2.45, 2.75) is 38.0 Å². The first-order valence-corrected chi connectivity index (χ1v) is 4.94. The van der Waals surface area contributed by atoms with E-state index in [2.05, 4.69) is 0 Å². The van der Waals surface area contributed by atoms with Crippen LogP contribution in [0.4, 0.5) is 0 Å². The zero-order valence-corrected chi connectivity index (χ0v) is 8.59. The molecule has 1 aliphatic heterocycles. The molecule has 0 aromatic carbocycles. The molecule has 0 aromatic rings. The molecule has 1 rings (SSSR count). The van der Waals surface area contributed by atoms with Gasteiger partial charge in [0.1, 0.15) is 6.04 Å². The summed E-state index contributed by atoms with van der Waals surface area (Å²) in [4.78, 5) is 23.6. The van der Waals surface area contributed by atoms with E-state index in [-0.39, 0.29) is 13.0 Å². The Balaban J connectivity index is 2.75. The highest BCUT2D eigenvalue weighted by molar-refractivity contribution is 5.87. The largest absolute Gasteiger partial charge is 0.480 e. The lowest BCUT2D eigenvalue weighted by atomic mass is 10.1. The van der Waals surface area contributed by atoms with Crippen LogP contribution in [0.3, 0.4) is 0 Å². The Morgan fingerprint density at radius 1 is 1.60 bits per heavy atom. The number of hydrogen-bond donors (Lipinski definition) is 3. The molecule has 1 heterocycles. The van der Waals surface area contributed by atoms with Crippen LogP contribution in [-0.2, 0) is 9.59 Å². The second-order valence-corrected chi connectivity index (χ2v) is 3.75. The zero-order valence-electron chi connectivity index (χ0n) is 8.59. The van der Waals surface area contributed by atoms with Crippen LogP contribution in [0.5, 0.6) is 0 Å². The standard InChI is InChI=1S/C9H16N2O4/c1-2-6(10)8(13)11-4-5(12)3-7(11)9(14)15/h5-7,12H,2-4,10H2,1H3,(H,14,15)/t5?,6-,7+/m1/s1. The maximum Gasteiger partial charge on any atom is 0.326 e. The van der Waals surface area contributed by atoms with Gasteiger partial charge in [-0.15, -0.1) is 0 Å². The molecule has 3 atom stereocenters. The number of carbonyl (C=O) groups excluding carboxylic acids is 1. The molecular weight excluding hydrogens is 200 g/mol. The van der Waals surface area contributed by atoms with Crippen LogP contribution in [0.25, 0.3) is 0 Å². The first-order chi connectivity index (χ1) is 6.97. The monoisotopic (exact) mass is 216 g/mol.